The van der Waals surface area contributed by atoms with E-state index in [2.05, 4.69) is 36.5 Å². The van der Waals surface area contributed by atoms with Crippen molar-refractivity contribution in [3.63, 3.8) is 0 Å². The second-order valence-corrected chi connectivity index (χ2v) is 5.63. The number of rotatable bonds is 5. The van der Waals surface area contributed by atoms with Crippen LogP contribution in [-0.4, -0.2) is 19.9 Å². The Morgan fingerprint density at radius 1 is 1.50 bits per heavy atom. The first-order valence-electron chi connectivity index (χ1n) is 6.26. The summed E-state index contributed by atoms with van der Waals surface area (Å²) in [6.45, 7) is 6.74. The van der Waals surface area contributed by atoms with Gasteiger partial charge in [0.25, 0.3) is 5.56 Å². The SMILES string of the molecule is Cc1nc(CNc2cnn(CC(C)C)c(=O)c2Br)no1. The van der Waals surface area contributed by atoms with Crippen LogP contribution in [0.5, 0.6) is 0 Å². The summed E-state index contributed by atoms with van der Waals surface area (Å²) in [5.74, 6) is 1.39. The van der Waals surface area contributed by atoms with E-state index >= 15 is 0 Å². The number of aromatic nitrogens is 4. The van der Waals surface area contributed by atoms with Gasteiger partial charge in [0.2, 0.25) is 5.89 Å². The monoisotopic (exact) mass is 341 g/mol. The van der Waals surface area contributed by atoms with Crippen LogP contribution in [0.4, 0.5) is 5.69 Å². The first-order valence-corrected chi connectivity index (χ1v) is 7.05. The highest BCUT2D eigenvalue weighted by Gasteiger charge is 2.10. The van der Waals surface area contributed by atoms with Gasteiger partial charge in [-0.2, -0.15) is 10.1 Å². The Balaban J connectivity index is 2.13. The Bertz CT molecular complexity index is 650. The Morgan fingerprint density at radius 2 is 2.25 bits per heavy atom. The fourth-order valence-corrected chi connectivity index (χ4v) is 2.10. The zero-order valence-electron chi connectivity index (χ0n) is 11.6. The highest BCUT2D eigenvalue weighted by Crippen LogP contribution is 2.17. The summed E-state index contributed by atoms with van der Waals surface area (Å²) in [5.41, 5.74) is 0.449. The summed E-state index contributed by atoms with van der Waals surface area (Å²) in [6, 6.07) is 0. The molecule has 0 aliphatic carbocycles. The van der Waals surface area contributed by atoms with E-state index in [-0.39, 0.29) is 5.56 Å². The third kappa shape index (κ3) is 3.44. The van der Waals surface area contributed by atoms with E-state index < -0.39 is 0 Å². The molecule has 0 atom stereocenters. The maximum Gasteiger partial charge on any atom is 0.283 e. The first kappa shape index (κ1) is 14.7. The van der Waals surface area contributed by atoms with Gasteiger partial charge in [-0.3, -0.25) is 4.79 Å². The van der Waals surface area contributed by atoms with Gasteiger partial charge in [-0.05, 0) is 21.8 Å². The van der Waals surface area contributed by atoms with E-state index in [1.165, 1.54) is 4.68 Å². The maximum absolute atomic E-state index is 12.1. The zero-order chi connectivity index (χ0) is 14.7. The lowest BCUT2D eigenvalue weighted by atomic mass is 10.2. The third-order valence-corrected chi connectivity index (χ3v) is 3.30. The molecule has 0 fully saturated rings. The third-order valence-electron chi connectivity index (χ3n) is 2.53. The minimum Gasteiger partial charge on any atom is -0.375 e. The Kier molecular flexibility index (Phi) is 4.53. The van der Waals surface area contributed by atoms with Crippen molar-refractivity contribution in [2.75, 3.05) is 5.32 Å². The van der Waals surface area contributed by atoms with Crippen molar-refractivity contribution in [2.24, 2.45) is 5.92 Å². The lowest BCUT2D eigenvalue weighted by Gasteiger charge is -2.10. The molecule has 0 saturated carbocycles. The van der Waals surface area contributed by atoms with E-state index in [1.807, 2.05) is 13.8 Å². The van der Waals surface area contributed by atoms with Crippen LogP contribution in [0.15, 0.2) is 20.0 Å². The van der Waals surface area contributed by atoms with E-state index in [0.29, 0.717) is 40.9 Å². The van der Waals surface area contributed by atoms with Crippen LogP contribution in [0, 0.1) is 12.8 Å². The molecule has 0 bridgehead atoms. The van der Waals surface area contributed by atoms with Crippen molar-refractivity contribution in [1.29, 1.82) is 0 Å². The van der Waals surface area contributed by atoms with Gasteiger partial charge < -0.3 is 9.84 Å². The molecule has 0 unspecified atom stereocenters. The molecule has 7 nitrogen and oxygen atoms in total. The largest absolute Gasteiger partial charge is 0.375 e. The fraction of sp³-hybridized carbons (Fsp3) is 0.500. The van der Waals surface area contributed by atoms with Gasteiger partial charge in [0.05, 0.1) is 18.4 Å². The quantitative estimate of drug-likeness (QED) is 0.894. The molecule has 0 saturated heterocycles. The summed E-state index contributed by atoms with van der Waals surface area (Å²) >= 11 is 3.30. The summed E-state index contributed by atoms with van der Waals surface area (Å²) < 4.78 is 6.77. The minimum atomic E-state index is -0.159. The fourth-order valence-electron chi connectivity index (χ4n) is 1.65. The number of halogens is 1. The predicted molar refractivity (Wildman–Crippen MR) is 77.4 cm³/mol. The molecule has 2 aromatic heterocycles. The van der Waals surface area contributed by atoms with Crippen LogP contribution in [0.1, 0.15) is 25.6 Å². The van der Waals surface area contributed by atoms with Gasteiger partial charge in [-0.1, -0.05) is 19.0 Å². The molecule has 1 N–H and O–H groups in total. The molecule has 8 heteroatoms. The molecule has 0 radical (unpaired) electrons. The predicted octanol–water partition coefficient (Wildman–Crippen LogP) is 1.97. The van der Waals surface area contributed by atoms with Crippen molar-refractivity contribution >= 4 is 21.6 Å². The van der Waals surface area contributed by atoms with Crippen LogP contribution in [0.3, 0.4) is 0 Å². The van der Waals surface area contributed by atoms with Crippen molar-refractivity contribution in [1.82, 2.24) is 19.9 Å². The molecule has 0 spiro atoms. The van der Waals surface area contributed by atoms with Crippen LogP contribution < -0.4 is 10.9 Å². The highest BCUT2D eigenvalue weighted by molar-refractivity contribution is 9.10. The van der Waals surface area contributed by atoms with Crippen molar-refractivity contribution < 1.29 is 4.52 Å². The Hall–Kier alpha value is -1.70. The van der Waals surface area contributed by atoms with E-state index in [9.17, 15) is 4.79 Å². The van der Waals surface area contributed by atoms with E-state index in [1.54, 1.807) is 13.1 Å². The molecule has 20 heavy (non-hydrogen) atoms. The molecule has 0 aromatic carbocycles. The summed E-state index contributed by atoms with van der Waals surface area (Å²) in [7, 11) is 0. The molecule has 2 aromatic rings. The van der Waals surface area contributed by atoms with E-state index in [0.717, 1.165) is 0 Å². The molecule has 2 heterocycles. The molecule has 0 amide bonds. The molecule has 0 aliphatic heterocycles. The van der Waals surface area contributed by atoms with Crippen LogP contribution >= 0.6 is 15.9 Å². The number of hydrogen-bond acceptors (Lipinski definition) is 6. The number of hydrogen-bond donors (Lipinski definition) is 1. The zero-order valence-corrected chi connectivity index (χ0v) is 13.1. The molecular weight excluding hydrogens is 326 g/mol. The number of anilines is 1. The maximum atomic E-state index is 12.1. The Morgan fingerprint density at radius 3 is 2.85 bits per heavy atom. The lowest BCUT2D eigenvalue weighted by Crippen LogP contribution is -2.26. The number of aryl methyl sites for hydroxylation is 1. The molecular formula is C12H16BrN5O2. The van der Waals surface area contributed by atoms with Crippen LogP contribution in [0.25, 0.3) is 0 Å². The first-order chi connectivity index (χ1) is 9.47. The lowest BCUT2D eigenvalue weighted by molar-refractivity contribution is 0.388. The average molecular weight is 342 g/mol. The van der Waals surface area contributed by atoms with E-state index in [4.69, 9.17) is 4.52 Å². The van der Waals surface area contributed by atoms with Crippen molar-refractivity contribution in [3.05, 3.63) is 32.7 Å². The summed E-state index contributed by atoms with van der Waals surface area (Å²) in [4.78, 5) is 16.2. The Labute approximate surface area is 124 Å². The second kappa shape index (κ2) is 6.17. The van der Waals surface area contributed by atoms with Crippen molar-refractivity contribution in [3.8, 4) is 0 Å². The van der Waals surface area contributed by atoms with Gasteiger partial charge >= 0.3 is 0 Å². The van der Waals surface area contributed by atoms with Gasteiger partial charge in [0, 0.05) is 13.5 Å². The second-order valence-electron chi connectivity index (χ2n) is 4.84. The highest BCUT2D eigenvalue weighted by atomic mass is 79.9. The normalized spacial score (nSPS) is 11.1. The molecule has 2 rings (SSSR count). The average Bonchev–Trinajstić information content (AvgIpc) is 2.79. The van der Waals surface area contributed by atoms with Crippen molar-refractivity contribution in [2.45, 2.75) is 33.9 Å². The summed E-state index contributed by atoms with van der Waals surface area (Å²) in [6.07, 6.45) is 1.61. The number of nitrogens with one attached hydrogen (secondary N) is 1. The van der Waals surface area contributed by atoms with Gasteiger partial charge in [0.1, 0.15) is 4.47 Å². The summed E-state index contributed by atoms with van der Waals surface area (Å²) in [5, 5.41) is 11.0. The minimum absolute atomic E-state index is 0.159. The van der Waals surface area contributed by atoms with Crippen LogP contribution in [0.2, 0.25) is 0 Å². The number of nitrogens with zero attached hydrogens (tertiary/aromatic N) is 4. The van der Waals surface area contributed by atoms with Crippen LogP contribution in [-0.2, 0) is 13.1 Å². The van der Waals surface area contributed by atoms with Gasteiger partial charge in [0.15, 0.2) is 5.82 Å². The van der Waals surface area contributed by atoms with Gasteiger partial charge in [-0.15, -0.1) is 0 Å². The molecule has 108 valence electrons. The standard InChI is InChI=1S/C12H16BrN5O2/c1-7(2)6-18-12(19)11(13)9(4-15-18)14-5-10-16-8(3)20-17-10/h4,7,14H,5-6H2,1-3H3. The topological polar surface area (TPSA) is 85.8 Å². The molecule has 0 aliphatic rings. The smallest absolute Gasteiger partial charge is 0.283 e. The van der Waals surface area contributed by atoms with Gasteiger partial charge in [-0.25, -0.2) is 4.68 Å².